The number of anilines is 1. The molecule has 0 aromatic carbocycles. The van der Waals surface area contributed by atoms with Gasteiger partial charge in [-0.05, 0) is 0 Å². The number of aromatic hydroxyl groups is 1. The highest BCUT2D eigenvalue weighted by molar-refractivity contribution is 6.24. The monoisotopic (exact) mass is 177 g/mol. The van der Waals surface area contributed by atoms with E-state index in [0.717, 1.165) is 0 Å². The second-order valence-corrected chi connectivity index (χ2v) is 2.33. The summed E-state index contributed by atoms with van der Waals surface area (Å²) in [6.07, 6.45) is 0. The van der Waals surface area contributed by atoms with Crippen molar-refractivity contribution < 1.29 is 5.11 Å². The Balaban J connectivity index is 3.49. The fourth-order valence-electron chi connectivity index (χ4n) is 0.780. The Hall–Kier alpha value is -1.10. The van der Waals surface area contributed by atoms with Crippen LogP contribution in [0, 0.1) is 0 Å². The zero-order valence-electron chi connectivity index (χ0n) is 6.13. The highest BCUT2D eigenvalue weighted by atomic mass is 35.5. The van der Waals surface area contributed by atoms with Crippen molar-refractivity contribution in [2.75, 3.05) is 4.84 Å². The Labute approximate surface area is 67.9 Å². The first-order chi connectivity index (χ1) is 5.09. The maximum Gasteiger partial charge on any atom is 0.295 e. The van der Waals surface area contributed by atoms with Crippen LogP contribution in [0.3, 0.4) is 0 Å². The molecule has 1 aromatic rings. The van der Waals surface area contributed by atoms with Gasteiger partial charge in [0.25, 0.3) is 5.56 Å². The molecule has 11 heavy (non-hydrogen) atoms. The number of rotatable bonds is 1. The summed E-state index contributed by atoms with van der Waals surface area (Å²) in [6.45, 7) is 0. The van der Waals surface area contributed by atoms with Gasteiger partial charge < -0.3 is 5.11 Å². The molecule has 0 saturated carbocycles. The van der Waals surface area contributed by atoms with Gasteiger partial charge in [0, 0.05) is 25.9 Å². The van der Waals surface area contributed by atoms with E-state index < -0.39 is 0 Å². The summed E-state index contributed by atoms with van der Waals surface area (Å²) in [7, 11) is 3.08. The van der Waals surface area contributed by atoms with Crippen LogP contribution in [0.15, 0.2) is 4.79 Å². The molecule has 0 saturated heterocycles. The lowest BCUT2D eigenvalue weighted by atomic mass is 10.5. The largest absolute Gasteiger partial charge is 0.492 e. The van der Waals surface area contributed by atoms with Gasteiger partial charge in [-0.2, -0.15) is 0 Å². The topological polar surface area (TPSA) is 59.2 Å². The molecule has 0 aliphatic rings. The van der Waals surface area contributed by atoms with Crippen molar-refractivity contribution in [3.05, 3.63) is 10.4 Å². The summed E-state index contributed by atoms with van der Waals surface area (Å²) < 4.78 is 2.52. The van der Waals surface area contributed by atoms with E-state index in [-0.39, 0.29) is 17.1 Å². The van der Waals surface area contributed by atoms with Gasteiger partial charge in [0.1, 0.15) is 0 Å². The van der Waals surface area contributed by atoms with E-state index >= 15 is 0 Å². The lowest BCUT2D eigenvalue weighted by molar-refractivity contribution is 0.399. The molecular weight excluding hydrogens is 170 g/mol. The highest BCUT2D eigenvalue weighted by Gasteiger charge is 2.13. The van der Waals surface area contributed by atoms with E-state index in [1.807, 2.05) is 0 Å². The van der Waals surface area contributed by atoms with Gasteiger partial charge in [-0.15, -0.1) is 0 Å². The van der Waals surface area contributed by atoms with Gasteiger partial charge >= 0.3 is 0 Å². The van der Waals surface area contributed by atoms with Crippen LogP contribution in [-0.2, 0) is 14.1 Å². The number of nitrogens with zero attached hydrogens (tertiary/aromatic N) is 2. The van der Waals surface area contributed by atoms with Gasteiger partial charge in [0.05, 0.1) is 0 Å². The maximum atomic E-state index is 11.1. The molecule has 0 fully saturated rings. The third-order valence-electron chi connectivity index (χ3n) is 1.58. The van der Waals surface area contributed by atoms with Crippen molar-refractivity contribution in [3.63, 3.8) is 0 Å². The highest BCUT2D eigenvalue weighted by Crippen LogP contribution is 2.17. The van der Waals surface area contributed by atoms with Crippen molar-refractivity contribution in [1.82, 2.24) is 9.36 Å². The van der Waals surface area contributed by atoms with Crippen molar-refractivity contribution in [2.45, 2.75) is 0 Å². The zero-order valence-corrected chi connectivity index (χ0v) is 6.88. The van der Waals surface area contributed by atoms with E-state index in [2.05, 4.69) is 4.84 Å². The fourth-order valence-corrected chi connectivity index (χ4v) is 0.946. The summed E-state index contributed by atoms with van der Waals surface area (Å²) in [6, 6.07) is 0. The minimum Gasteiger partial charge on any atom is -0.492 e. The standard InChI is InChI=1S/C5H8ClN3O2/c1-8-4(10)3(7-6)5(11)9(8)2/h7,10H,1-2H3. The molecule has 0 amide bonds. The van der Waals surface area contributed by atoms with Crippen molar-refractivity contribution in [2.24, 2.45) is 14.1 Å². The normalized spacial score (nSPS) is 10.1. The Kier molecular flexibility index (Phi) is 1.82. The minimum absolute atomic E-state index is 0.00309. The van der Waals surface area contributed by atoms with Crippen LogP contribution in [0.2, 0.25) is 0 Å². The molecule has 0 unspecified atom stereocenters. The minimum atomic E-state index is -0.361. The predicted octanol–water partition coefficient (Wildman–Crippen LogP) is -0.00490. The molecule has 0 spiro atoms. The van der Waals surface area contributed by atoms with Crippen molar-refractivity contribution in [3.8, 4) is 5.88 Å². The Bertz CT molecular complexity index is 327. The van der Waals surface area contributed by atoms with Gasteiger partial charge in [0.2, 0.25) is 5.88 Å². The fraction of sp³-hybridized carbons (Fsp3) is 0.400. The third kappa shape index (κ3) is 0.970. The number of hydrogen-bond donors (Lipinski definition) is 2. The third-order valence-corrected chi connectivity index (χ3v) is 1.77. The molecule has 6 heteroatoms. The Morgan fingerprint density at radius 2 is 2.00 bits per heavy atom. The van der Waals surface area contributed by atoms with Crippen LogP contribution in [0.25, 0.3) is 0 Å². The number of aromatic nitrogens is 2. The number of halogens is 1. The van der Waals surface area contributed by atoms with Crippen molar-refractivity contribution >= 4 is 17.5 Å². The van der Waals surface area contributed by atoms with Gasteiger partial charge in [-0.1, -0.05) is 0 Å². The summed E-state index contributed by atoms with van der Waals surface area (Å²) in [5.74, 6) is -0.174. The average molecular weight is 178 g/mol. The summed E-state index contributed by atoms with van der Waals surface area (Å²) in [5, 5.41) is 9.19. The maximum absolute atomic E-state index is 11.1. The van der Waals surface area contributed by atoms with Gasteiger partial charge in [-0.3, -0.25) is 14.3 Å². The first-order valence-electron chi connectivity index (χ1n) is 2.91. The van der Waals surface area contributed by atoms with Crippen LogP contribution in [0.4, 0.5) is 5.69 Å². The quantitative estimate of drug-likeness (QED) is 0.594. The molecule has 0 aliphatic heterocycles. The SMILES string of the molecule is Cn1c(O)c(NCl)c(=O)n1C. The summed E-state index contributed by atoms with van der Waals surface area (Å²) >= 11 is 5.19. The lowest BCUT2D eigenvalue weighted by Crippen LogP contribution is -2.17. The van der Waals surface area contributed by atoms with Crippen LogP contribution < -0.4 is 10.4 Å². The molecule has 0 aliphatic carbocycles. The molecule has 0 radical (unpaired) electrons. The lowest BCUT2D eigenvalue weighted by Gasteiger charge is -1.97. The summed E-state index contributed by atoms with van der Waals surface area (Å²) in [4.78, 5) is 13.2. The van der Waals surface area contributed by atoms with Crippen LogP contribution in [0.1, 0.15) is 0 Å². The molecule has 1 aromatic heterocycles. The van der Waals surface area contributed by atoms with E-state index in [1.54, 1.807) is 7.05 Å². The predicted molar refractivity (Wildman–Crippen MR) is 41.8 cm³/mol. The summed E-state index contributed by atoms with van der Waals surface area (Å²) in [5.41, 5.74) is -0.364. The first-order valence-corrected chi connectivity index (χ1v) is 3.29. The van der Waals surface area contributed by atoms with Crippen LogP contribution >= 0.6 is 11.8 Å². The van der Waals surface area contributed by atoms with E-state index in [4.69, 9.17) is 11.8 Å². The van der Waals surface area contributed by atoms with Crippen molar-refractivity contribution in [1.29, 1.82) is 0 Å². The Morgan fingerprint density at radius 1 is 1.45 bits per heavy atom. The molecule has 2 N–H and O–H groups in total. The number of nitrogens with one attached hydrogen (secondary N) is 1. The second kappa shape index (κ2) is 2.50. The second-order valence-electron chi connectivity index (χ2n) is 2.15. The molecular formula is C5H8ClN3O2. The molecule has 62 valence electrons. The zero-order chi connectivity index (χ0) is 8.59. The Morgan fingerprint density at radius 3 is 2.18 bits per heavy atom. The molecule has 5 nitrogen and oxygen atoms in total. The van der Waals surface area contributed by atoms with Gasteiger partial charge in [0.15, 0.2) is 5.69 Å². The molecule has 1 rings (SSSR count). The van der Waals surface area contributed by atoms with E-state index in [9.17, 15) is 9.90 Å². The molecule has 0 bridgehead atoms. The number of hydrogen-bond acceptors (Lipinski definition) is 3. The van der Waals surface area contributed by atoms with Crippen LogP contribution in [-0.4, -0.2) is 14.5 Å². The molecule has 1 heterocycles. The van der Waals surface area contributed by atoms with E-state index in [0.29, 0.717) is 0 Å². The van der Waals surface area contributed by atoms with E-state index in [1.165, 1.54) is 16.4 Å². The average Bonchev–Trinajstić information content (AvgIpc) is 2.17. The van der Waals surface area contributed by atoms with Crippen LogP contribution in [0.5, 0.6) is 5.88 Å². The first kappa shape index (κ1) is 8.00. The van der Waals surface area contributed by atoms with Gasteiger partial charge in [-0.25, -0.2) is 4.68 Å². The smallest absolute Gasteiger partial charge is 0.295 e. The molecule has 0 atom stereocenters.